The predicted molar refractivity (Wildman–Crippen MR) is 59.2 cm³/mol. The van der Waals surface area contributed by atoms with Crippen LogP contribution in [0.3, 0.4) is 0 Å². The number of hydrogen-bond donors (Lipinski definition) is 1. The standard InChI is InChI=1S/C12H21NO/c1-9(2)10(3)7-13-8-12-6-5-11(4)14-12/h5-6,9-10,13H,7-8H2,1-4H3. The van der Waals surface area contributed by atoms with Crippen LogP contribution < -0.4 is 5.32 Å². The first-order valence-corrected chi connectivity index (χ1v) is 5.35. The van der Waals surface area contributed by atoms with Gasteiger partial charge in [-0.2, -0.15) is 0 Å². The van der Waals surface area contributed by atoms with Gasteiger partial charge in [-0.1, -0.05) is 20.8 Å². The first kappa shape index (κ1) is 11.3. The lowest BCUT2D eigenvalue weighted by atomic mass is 9.98. The minimum atomic E-state index is 0.714. The molecule has 1 N–H and O–H groups in total. The van der Waals surface area contributed by atoms with Crippen molar-refractivity contribution in [2.75, 3.05) is 6.54 Å². The first-order chi connectivity index (χ1) is 6.59. The van der Waals surface area contributed by atoms with Crippen molar-refractivity contribution < 1.29 is 4.42 Å². The van der Waals surface area contributed by atoms with Gasteiger partial charge in [0.15, 0.2) is 0 Å². The van der Waals surface area contributed by atoms with Crippen LogP contribution in [-0.4, -0.2) is 6.54 Å². The van der Waals surface area contributed by atoms with Gasteiger partial charge in [-0.3, -0.25) is 0 Å². The maximum absolute atomic E-state index is 5.46. The van der Waals surface area contributed by atoms with Crippen LogP contribution in [0.15, 0.2) is 16.5 Å². The molecule has 0 aliphatic rings. The maximum atomic E-state index is 5.46. The van der Waals surface area contributed by atoms with E-state index in [0.29, 0.717) is 5.92 Å². The van der Waals surface area contributed by atoms with Crippen LogP contribution in [-0.2, 0) is 6.54 Å². The quantitative estimate of drug-likeness (QED) is 0.781. The van der Waals surface area contributed by atoms with E-state index in [1.54, 1.807) is 0 Å². The van der Waals surface area contributed by atoms with Gasteiger partial charge in [-0.05, 0) is 37.4 Å². The zero-order chi connectivity index (χ0) is 10.6. The van der Waals surface area contributed by atoms with Gasteiger partial charge in [0, 0.05) is 0 Å². The van der Waals surface area contributed by atoms with Gasteiger partial charge in [0.2, 0.25) is 0 Å². The molecule has 1 aromatic heterocycles. The number of furan rings is 1. The Morgan fingerprint density at radius 2 is 2.00 bits per heavy atom. The zero-order valence-corrected chi connectivity index (χ0v) is 9.63. The van der Waals surface area contributed by atoms with E-state index < -0.39 is 0 Å². The summed E-state index contributed by atoms with van der Waals surface area (Å²) in [6, 6.07) is 4.03. The van der Waals surface area contributed by atoms with Gasteiger partial charge in [0.25, 0.3) is 0 Å². The van der Waals surface area contributed by atoms with Crippen LogP contribution >= 0.6 is 0 Å². The highest BCUT2D eigenvalue weighted by molar-refractivity contribution is 5.05. The summed E-state index contributed by atoms with van der Waals surface area (Å²) >= 11 is 0. The van der Waals surface area contributed by atoms with Crippen molar-refractivity contribution in [3.63, 3.8) is 0 Å². The first-order valence-electron chi connectivity index (χ1n) is 5.35. The average molecular weight is 195 g/mol. The van der Waals surface area contributed by atoms with Gasteiger partial charge >= 0.3 is 0 Å². The second-order valence-corrected chi connectivity index (χ2v) is 4.36. The van der Waals surface area contributed by atoms with Gasteiger partial charge in [0.1, 0.15) is 11.5 Å². The van der Waals surface area contributed by atoms with Gasteiger partial charge in [-0.25, -0.2) is 0 Å². The summed E-state index contributed by atoms with van der Waals surface area (Å²) in [5.74, 6) is 3.46. The van der Waals surface area contributed by atoms with E-state index in [1.807, 2.05) is 19.1 Å². The Labute approximate surface area is 86.7 Å². The smallest absolute Gasteiger partial charge is 0.117 e. The van der Waals surface area contributed by atoms with Crippen molar-refractivity contribution >= 4 is 0 Å². The van der Waals surface area contributed by atoms with Crippen molar-refractivity contribution in [3.8, 4) is 0 Å². The van der Waals surface area contributed by atoms with E-state index in [4.69, 9.17) is 4.42 Å². The van der Waals surface area contributed by atoms with Crippen LogP contribution in [0.4, 0.5) is 0 Å². The minimum Gasteiger partial charge on any atom is -0.465 e. The van der Waals surface area contributed by atoms with Gasteiger partial charge < -0.3 is 9.73 Å². The highest BCUT2D eigenvalue weighted by Gasteiger charge is 2.06. The Kier molecular flexibility index (Phi) is 4.21. The molecule has 0 aliphatic heterocycles. The molecule has 0 radical (unpaired) electrons. The Balaban J connectivity index is 2.22. The van der Waals surface area contributed by atoms with Crippen molar-refractivity contribution in [1.29, 1.82) is 0 Å². The fourth-order valence-corrected chi connectivity index (χ4v) is 1.24. The van der Waals surface area contributed by atoms with E-state index in [1.165, 1.54) is 0 Å². The van der Waals surface area contributed by atoms with Crippen LogP contribution in [0.5, 0.6) is 0 Å². The van der Waals surface area contributed by atoms with E-state index in [0.717, 1.165) is 30.5 Å². The average Bonchev–Trinajstić information content (AvgIpc) is 2.51. The highest BCUT2D eigenvalue weighted by atomic mass is 16.3. The molecule has 1 unspecified atom stereocenters. The van der Waals surface area contributed by atoms with Crippen molar-refractivity contribution in [1.82, 2.24) is 5.32 Å². The van der Waals surface area contributed by atoms with E-state index in [-0.39, 0.29) is 0 Å². The molecule has 0 spiro atoms. The normalized spacial score (nSPS) is 13.5. The van der Waals surface area contributed by atoms with Crippen LogP contribution in [0.25, 0.3) is 0 Å². The van der Waals surface area contributed by atoms with Crippen molar-refractivity contribution in [2.45, 2.75) is 34.2 Å². The number of rotatable bonds is 5. The Bertz CT molecular complexity index is 265. The summed E-state index contributed by atoms with van der Waals surface area (Å²) in [6.45, 7) is 10.6. The molecule has 80 valence electrons. The van der Waals surface area contributed by atoms with E-state index in [2.05, 4.69) is 26.1 Å². The van der Waals surface area contributed by atoms with Gasteiger partial charge in [-0.15, -0.1) is 0 Å². The summed E-state index contributed by atoms with van der Waals surface area (Å²) in [5, 5.41) is 3.40. The minimum absolute atomic E-state index is 0.714. The number of aryl methyl sites for hydroxylation is 1. The summed E-state index contributed by atoms with van der Waals surface area (Å²) in [4.78, 5) is 0. The monoisotopic (exact) mass is 195 g/mol. The van der Waals surface area contributed by atoms with Crippen molar-refractivity contribution in [3.05, 3.63) is 23.7 Å². The predicted octanol–water partition coefficient (Wildman–Crippen LogP) is 2.97. The topological polar surface area (TPSA) is 25.2 Å². The molecule has 0 aromatic carbocycles. The summed E-state index contributed by atoms with van der Waals surface area (Å²) in [7, 11) is 0. The Morgan fingerprint density at radius 3 is 2.50 bits per heavy atom. The Morgan fingerprint density at radius 1 is 1.29 bits per heavy atom. The molecular weight excluding hydrogens is 174 g/mol. The molecule has 2 heteroatoms. The highest BCUT2D eigenvalue weighted by Crippen LogP contribution is 2.09. The largest absolute Gasteiger partial charge is 0.465 e. The molecule has 1 rings (SSSR count). The molecule has 0 fully saturated rings. The van der Waals surface area contributed by atoms with Crippen molar-refractivity contribution in [2.24, 2.45) is 11.8 Å². The lowest BCUT2D eigenvalue weighted by Crippen LogP contribution is -2.23. The fourth-order valence-electron chi connectivity index (χ4n) is 1.24. The molecular formula is C12H21NO. The lowest BCUT2D eigenvalue weighted by Gasteiger charge is -2.15. The Hall–Kier alpha value is -0.760. The SMILES string of the molecule is Cc1ccc(CNCC(C)C(C)C)o1. The second-order valence-electron chi connectivity index (χ2n) is 4.36. The third-order valence-corrected chi connectivity index (χ3v) is 2.70. The zero-order valence-electron chi connectivity index (χ0n) is 9.63. The maximum Gasteiger partial charge on any atom is 0.117 e. The molecule has 0 bridgehead atoms. The van der Waals surface area contributed by atoms with E-state index >= 15 is 0 Å². The summed E-state index contributed by atoms with van der Waals surface area (Å²) < 4.78 is 5.46. The molecule has 0 saturated heterocycles. The molecule has 1 atom stereocenters. The van der Waals surface area contributed by atoms with Gasteiger partial charge in [0.05, 0.1) is 6.54 Å². The van der Waals surface area contributed by atoms with Crippen LogP contribution in [0, 0.1) is 18.8 Å². The number of hydrogen-bond acceptors (Lipinski definition) is 2. The summed E-state index contributed by atoms with van der Waals surface area (Å²) in [5.41, 5.74) is 0. The molecule has 0 saturated carbocycles. The van der Waals surface area contributed by atoms with Crippen LogP contribution in [0.2, 0.25) is 0 Å². The third-order valence-electron chi connectivity index (χ3n) is 2.70. The molecule has 14 heavy (non-hydrogen) atoms. The molecule has 2 nitrogen and oxygen atoms in total. The lowest BCUT2D eigenvalue weighted by molar-refractivity contribution is 0.378. The number of nitrogens with one attached hydrogen (secondary N) is 1. The molecule has 1 aromatic rings. The second kappa shape index (κ2) is 5.20. The fraction of sp³-hybridized carbons (Fsp3) is 0.667. The summed E-state index contributed by atoms with van der Waals surface area (Å²) in [6.07, 6.45) is 0. The molecule has 1 heterocycles. The van der Waals surface area contributed by atoms with Crippen LogP contribution in [0.1, 0.15) is 32.3 Å². The third kappa shape index (κ3) is 3.54. The van der Waals surface area contributed by atoms with E-state index in [9.17, 15) is 0 Å². The molecule has 0 aliphatic carbocycles. The molecule has 0 amide bonds.